The molecular weight excluding hydrogens is 408 g/mol. The highest BCUT2D eigenvalue weighted by molar-refractivity contribution is 8.00. The molecule has 6 nitrogen and oxygen atoms in total. The summed E-state index contributed by atoms with van der Waals surface area (Å²) in [6.07, 6.45) is 0.868. The molecule has 1 aliphatic heterocycles. The van der Waals surface area contributed by atoms with Crippen molar-refractivity contribution in [2.45, 2.75) is 18.2 Å². The molecule has 0 aliphatic carbocycles. The van der Waals surface area contributed by atoms with Crippen molar-refractivity contribution in [2.24, 2.45) is 0 Å². The second kappa shape index (κ2) is 9.83. The molecule has 1 aromatic heterocycles. The van der Waals surface area contributed by atoms with Crippen molar-refractivity contribution in [3.8, 4) is 5.69 Å². The fourth-order valence-corrected chi connectivity index (χ4v) is 4.41. The third-order valence-corrected chi connectivity index (χ3v) is 6.34. The molecule has 3 aromatic rings. The van der Waals surface area contributed by atoms with Crippen molar-refractivity contribution < 1.29 is 4.79 Å². The molecule has 31 heavy (non-hydrogen) atoms. The zero-order valence-corrected chi connectivity index (χ0v) is 18.4. The number of amides is 1. The van der Waals surface area contributed by atoms with Gasteiger partial charge in [0.25, 0.3) is 5.56 Å². The number of aryl methyl sites for hydroxylation is 1. The lowest BCUT2D eigenvalue weighted by Gasteiger charge is -2.23. The molecule has 0 N–H and O–H groups in total. The first-order valence-electron chi connectivity index (χ1n) is 10.5. The number of hydrogen-bond acceptors (Lipinski definition) is 5. The van der Waals surface area contributed by atoms with E-state index in [1.165, 1.54) is 4.68 Å². The molecule has 1 aliphatic rings. The molecule has 7 heteroatoms. The van der Waals surface area contributed by atoms with Crippen molar-refractivity contribution >= 4 is 23.5 Å². The average molecular weight is 435 g/mol. The summed E-state index contributed by atoms with van der Waals surface area (Å²) >= 11 is 1.57. The van der Waals surface area contributed by atoms with Crippen molar-refractivity contribution in [2.75, 3.05) is 36.8 Å². The Balaban J connectivity index is 1.41. The van der Waals surface area contributed by atoms with Crippen LogP contribution < -0.4 is 10.5 Å². The molecule has 160 valence electrons. The fourth-order valence-electron chi connectivity index (χ4n) is 3.59. The number of aromatic nitrogens is 2. The Labute approximate surface area is 186 Å². The molecule has 0 bridgehead atoms. The van der Waals surface area contributed by atoms with Gasteiger partial charge in [0.05, 0.1) is 11.4 Å². The van der Waals surface area contributed by atoms with Crippen LogP contribution in [0.5, 0.6) is 0 Å². The summed E-state index contributed by atoms with van der Waals surface area (Å²) in [7, 11) is 0. The van der Waals surface area contributed by atoms with Gasteiger partial charge in [-0.05, 0) is 43.7 Å². The van der Waals surface area contributed by atoms with E-state index in [0.29, 0.717) is 18.8 Å². The zero-order valence-electron chi connectivity index (χ0n) is 17.6. The summed E-state index contributed by atoms with van der Waals surface area (Å²) in [5.41, 5.74) is 1.73. The molecule has 1 fully saturated rings. The molecule has 1 amide bonds. The minimum absolute atomic E-state index is 0.155. The van der Waals surface area contributed by atoms with Gasteiger partial charge in [0, 0.05) is 37.1 Å². The number of rotatable bonds is 5. The monoisotopic (exact) mass is 434 g/mol. The van der Waals surface area contributed by atoms with Crippen molar-refractivity contribution in [3.05, 3.63) is 82.6 Å². The van der Waals surface area contributed by atoms with Gasteiger partial charge in [-0.25, -0.2) is 0 Å². The third-order valence-electron chi connectivity index (χ3n) is 5.34. The minimum Gasteiger partial charge on any atom is -0.353 e. The zero-order chi connectivity index (χ0) is 21.6. The maximum absolute atomic E-state index is 12.7. The van der Waals surface area contributed by atoms with E-state index >= 15 is 0 Å². The molecule has 2 aromatic carbocycles. The van der Waals surface area contributed by atoms with Crippen LogP contribution in [0, 0.1) is 6.92 Å². The van der Waals surface area contributed by atoms with Gasteiger partial charge in [-0.1, -0.05) is 35.9 Å². The summed E-state index contributed by atoms with van der Waals surface area (Å²) < 4.78 is 1.44. The first kappa shape index (κ1) is 21.2. The van der Waals surface area contributed by atoms with Crippen LogP contribution >= 0.6 is 11.8 Å². The van der Waals surface area contributed by atoms with Crippen molar-refractivity contribution in [3.63, 3.8) is 0 Å². The standard InChI is InChI=1S/C24H26N4O2S/c1-19-8-10-20(11-9-19)28-23(29)13-12-22(25-28)26-14-5-15-27(17-16-26)24(30)18-31-21-6-3-2-4-7-21/h2-4,6-13H,5,14-18H2,1H3. The van der Waals surface area contributed by atoms with E-state index in [9.17, 15) is 9.59 Å². The number of thioether (sulfide) groups is 1. The fraction of sp³-hybridized carbons (Fsp3) is 0.292. The summed E-state index contributed by atoms with van der Waals surface area (Å²) in [5.74, 6) is 1.36. The Morgan fingerprint density at radius 2 is 1.71 bits per heavy atom. The summed E-state index contributed by atoms with van der Waals surface area (Å²) in [6, 6.07) is 21.1. The van der Waals surface area contributed by atoms with E-state index in [-0.39, 0.29) is 11.5 Å². The molecular formula is C24H26N4O2S. The summed E-state index contributed by atoms with van der Waals surface area (Å²) in [5, 5.41) is 4.61. The van der Waals surface area contributed by atoms with Gasteiger partial charge < -0.3 is 9.80 Å². The van der Waals surface area contributed by atoms with Crippen LogP contribution in [0.1, 0.15) is 12.0 Å². The highest BCUT2D eigenvalue weighted by Gasteiger charge is 2.20. The van der Waals surface area contributed by atoms with Crippen LogP contribution in [0.25, 0.3) is 5.69 Å². The third kappa shape index (κ3) is 5.35. The van der Waals surface area contributed by atoms with E-state index in [0.717, 1.165) is 41.5 Å². The Morgan fingerprint density at radius 1 is 0.935 bits per heavy atom. The van der Waals surface area contributed by atoms with Crippen molar-refractivity contribution in [1.29, 1.82) is 0 Å². The van der Waals surface area contributed by atoms with Crippen LogP contribution in [-0.2, 0) is 4.79 Å². The van der Waals surface area contributed by atoms with Crippen LogP contribution in [0.15, 0.2) is 76.4 Å². The van der Waals surface area contributed by atoms with Gasteiger partial charge in [-0.3, -0.25) is 9.59 Å². The lowest BCUT2D eigenvalue weighted by Crippen LogP contribution is -2.36. The molecule has 1 saturated heterocycles. The van der Waals surface area contributed by atoms with Gasteiger partial charge in [0.15, 0.2) is 0 Å². The van der Waals surface area contributed by atoms with Gasteiger partial charge in [-0.15, -0.1) is 16.9 Å². The second-order valence-electron chi connectivity index (χ2n) is 7.60. The molecule has 2 heterocycles. The van der Waals surface area contributed by atoms with E-state index in [4.69, 9.17) is 0 Å². The number of anilines is 1. The highest BCUT2D eigenvalue weighted by Crippen LogP contribution is 2.19. The second-order valence-corrected chi connectivity index (χ2v) is 8.65. The van der Waals surface area contributed by atoms with Crippen LogP contribution in [0.4, 0.5) is 5.82 Å². The normalized spacial score (nSPS) is 14.4. The maximum Gasteiger partial charge on any atom is 0.271 e. The molecule has 0 saturated carbocycles. The predicted molar refractivity (Wildman–Crippen MR) is 125 cm³/mol. The predicted octanol–water partition coefficient (Wildman–Crippen LogP) is 3.37. The molecule has 0 unspecified atom stereocenters. The average Bonchev–Trinajstić information content (AvgIpc) is 3.06. The maximum atomic E-state index is 12.7. The molecule has 4 rings (SSSR count). The largest absolute Gasteiger partial charge is 0.353 e. The Bertz CT molecular complexity index is 1080. The summed E-state index contributed by atoms with van der Waals surface area (Å²) in [4.78, 5) is 30.3. The van der Waals surface area contributed by atoms with Crippen LogP contribution in [-0.4, -0.2) is 52.5 Å². The number of carbonyl (C=O) groups excluding carboxylic acids is 1. The van der Waals surface area contributed by atoms with Gasteiger partial charge >= 0.3 is 0 Å². The minimum atomic E-state index is -0.155. The number of carbonyl (C=O) groups is 1. The Hall–Kier alpha value is -3.06. The Morgan fingerprint density at radius 3 is 2.48 bits per heavy atom. The number of hydrogen-bond donors (Lipinski definition) is 0. The van der Waals surface area contributed by atoms with E-state index < -0.39 is 0 Å². The number of benzene rings is 2. The molecule has 0 radical (unpaired) electrons. The van der Waals surface area contributed by atoms with E-state index in [2.05, 4.69) is 10.00 Å². The van der Waals surface area contributed by atoms with E-state index in [1.54, 1.807) is 23.9 Å². The SMILES string of the molecule is Cc1ccc(-n2nc(N3CCCN(C(=O)CSc4ccccc4)CC3)ccc2=O)cc1. The lowest BCUT2D eigenvalue weighted by atomic mass is 10.2. The summed E-state index contributed by atoms with van der Waals surface area (Å²) in [6.45, 7) is 4.90. The van der Waals surface area contributed by atoms with Crippen LogP contribution in [0.3, 0.4) is 0 Å². The first-order valence-corrected chi connectivity index (χ1v) is 11.5. The Kier molecular flexibility index (Phi) is 6.72. The topological polar surface area (TPSA) is 58.4 Å². The van der Waals surface area contributed by atoms with Crippen LogP contribution in [0.2, 0.25) is 0 Å². The van der Waals surface area contributed by atoms with Gasteiger partial charge in [0.1, 0.15) is 5.82 Å². The first-order chi connectivity index (χ1) is 15.1. The number of nitrogens with zero attached hydrogens (tertiary/aromatic N) is 4. The smallest absolute Gasteiger partial charge is 0.271 e. The lowest BCUT2D eigenvalue weighted by molar-refractivity contribution is -0.128. The van der Waals surface area contributed by atoms with E-state index in [1.807, 2.05) is 66.4 Å². The molecule has 0 atom stereocenters. The quantitative estimate of drug-likeness (QED) is 0.577. The van der Waals surface area contributed by atoms with Crippen molar-refractivity contribution in [1.82, 2.24) is 14.7 Å². The van der Waals surface area contributed by atoms with Gasteiger partial charge in [0.2, 0.25) is 5.91 Å². The molecule has 0 spiro atoms. The highest BCUT2D eigenvalue weighted by atomic mass is 32.2. The van der Waals surface area contributed by atoms with Gasteiger partial charge in [-0.2, -0.15) is 4.68 Å².